The first-order chi connectivity index (χ1) is 12.8. The molecule has 27 heavy (non-hydrogen) atoms. The number of amides is 1. The van der Waals surface area contributed by atoms with Gasteiger partial charge in [0.2, 0.25) is 0 Å². The maximum atomic E-state index is 12.2. The Hall–Kier alpha value is -2.74. The molecule has 1 aromatic heterocycles. The van der Waals surface area contributed by atoms with Crippen molar-refractivity contribution >= 4 is 29.3 Å². The SMILES string of the molecule is COc1cc(C(=O)OCC(=O)Nc2cc(C)on2)cc(Cl)c1OCC(C)C. The lowest BCUT2D eigenvalue weighted by atomic mass is 10.2. The van der Waals surface area contributed by atoms with E-state index in [4.69, 9.17) is 30.3 Å². The molecule has 0 aliphatic carbocycles. The molecule has 8 nitrogen and oxygen atoms in total. The number of ether oxygens (including phenoxy) is 3. The maximum Gasteiger partial charge on any atom is 0.338 e. The van der Waals surface area contributed by atoms with Gasteiger partial charge < -0.3 is 24.1 Å². The van der Waals surface area contributed by atoms with Crippen molar-refractivity contribution in [3.8, 4) is 11.5 Å². The van der Waals surface area contributed by atoms with Crippen molar-refractivity contribution in [1.82, 2.24) is 5.16 Å². The molecule has 1 amide bonds. The summed E-state index contributed by atoms with van der Waals surface area (Å²) in [6, 6.07) is 4.39. The van der Waals surface area contributed by atoms with Gasteiger partial charge in [-0.2, -0.15) is 0 Å². The van der Waals surface area contributed by atoms with E-state index < -0.39 is 18.5 Å². The zero-order valence-corrected chi connectivity index (χ0v) is 16.3. The van der Waals surface area contributed by atoms with E-state index in [-0.39, 0.29) is 16.4 Å². The summed E-state index contributed by atoms with van der Waals surface area (Å²) in [6.45, 7) is 5.64. The van der Waals surface area contributed by atoms with E-state index in [0.717, 1.165) is 0 Å². The quantitative estimate of drug-likeness (QED) is 0.682. The third-order valence-corrected chi connectivity index (χ3v) is 3.54. The minimum Gasteiger partial charge on any atom is -0.493 e. The first-order valence-corrected chi connectivity index (χ1v) is 8.58. The molecule has 0 atom stereocenters. The number of nitrogens with zero attached hydrogens (tertiary/aromatic N) is 1. The molecular formula is C18H21ClN2O6. The van der Waals surface area contributed by atoms with E-state index >= 15 is 0 Å². The van der Waals surface area contributed by atoms with Crippen molar-refractivity contribution in [2.75, 3.05) is 25.6 Å². The fraction of sp³-hybridized carbons (Fsp3) is 0.389. The van der Waals surface area contributed by atoms with E-state index in [1.165, 1.54) is 19.2 Å². The first kappa shape index (κ1) is 20.6. The summed E-state index contributed by atoms with van der Waals surface area (Å²) in [4.78, 5) is 24.0. The van der Waals surface area contributed by atoms with Crippen molar-refractivity contribution in [1.29, 1.82) is 0 Å². The van der Waals surface area contributed by atoms with E-state index in [9.17, 15) is 9.59 Å². The van der Waals surface area contributed by atoms with Gasteiger partial charge in [-0.15, -0.1) is 0 Å². The van der Waals surface area contributed by atoms with Gasteiger partial charge in [0, 0.05) is 6.07 Å². The highest BCUT2D eigenvalue weighted by atomic mass is 35.5. The van der Waals surface area contributed by atoms with Crippen molar-refractivity contribution < 1.29 is 28.3 Å². The lowest BCUT2D eigenvalue weighted by molar-refractivity contribution is -0.119. The van der Waals surface area contributed by atoms with Gasteiger partial charge in [-0.25, -0.2) is 4.79 Å². The molecule has 146 valence electrons. The van der Waals surface area contributed by atoms with E-state index in [1.807, 2.05) is 13.8 Å². The summed E-state index contributed by atoms with van der Waals surface area (Å²) < 4.78 is 20.7. The molecule has 1 aromatic carbocycles. The molecule has 0 saturated heterocycles. The molecule has 0 aliphatic heterocycles. The molecular weight excluding hydrogens is 376 g/mol. The largest absolute Gasteiger partial charge is 0.493 e. The van der Waals surface area contributed by atoms with E-state index in [2.05, 4.69) is 10.5 Å². The number of hydrogen-bond donors (Lipinski definition) is 1. The summed E-state index contributed by atoms with van der Waals surface area (Å²) in [5.41, 5.74) is 0.138. The van der Waals surface area contributed by atoms with Gasteiger partial charge in [0.05, 0.1) is 24.3 Å². The number of hydrogen-bond acceptors (Lipinski definition) is 7. The minimum atomic E-state index is -0.725. The average Bonchev–Trinajstić information content (AvgIpc) is 3.02. The van der Waals surface area contributed by atoms with Gasteiger partial charge in [-0.05, 0) is 25.0 Å². The molecule has 1 N–H and O–H groups in total. The fourth-order valence-corrected chi connectivity index (χ4v) is 2.31. The number of benzene rings is 1. The maximum absolute atomic E-state index is 12.2. The summed E-state index contributed by atoms with van der Waals surface area (Å²) in [5, 5.41) is 6.28. The van der Waals surface area contributed by atoms with Gasteiger partial charge in [-0.1, -0.05) is 30.6 Å². The van der Waals surface area contributed by atoms with Gasteiger partial charge >= 0.3 is 5.97 Å². The van der Waals surface area contributed by atoms with Crippen LogP contribution in [0.3, 0.4) is 0 Å². The summed E-state index contributed by atoms with van der Waals surface area (Å²) in [7, 11) is 1.44. The molecule has 0 fully saturated rings. The van der Waals surface area contributed by atoms with Crippen LogP contribution in [-0.4, -0.2) is 37.4 Å². The molecule has 0 aliphatic rings. The van der Waals surface area contributed by atoms with Crippen molar-refractivity contribution in [2.45, 2.75) is 20.8 Å². The lowest BCUT2D eigenvalue weighted by Crippen LogP contribution is -2.21. The van der Waals surface area contributed by atoms with Crippen LogP contribution in [0.25, 0.3) is 0 Å². The number of nitrogens with one attached hydrogen (secondary N) is 1. The highest BCUT2D eigenvalue weighted by Gasteiger charge is 2.18. The number of carbonyl (C=O) groups is 2. The predicted molar refractivity (Wildman–Crippen MR) is 98.5 cm³/mol. The molecule has 9 heteroatoms. The van der Waals surface area contributed by atoms with Crippen LogP contribution in [0.2, 0.25) is 5.02 Å². The lowest BCUT2D eigenvalue weighted by Gasteiger charge is -2.15. The second kappa shape index (κ2) is 9.27. The molecule has 2 aromatic rings. The Morgan fingerprint density at radius 1 is 1.30 bits per heavy atom. The first-order valence-electron chi connectivity index (χ1n) is 8.20. The van der Waals surface area contributed by atoms with E-state index in [0.29, 0.717) is 29.8 Å². The second-order valence-corrected chi connectivity index (χ2v) is 6.55. The van der Waals surface area contributed by atoms with Gasteiger partial charge in [0.15, 0.2) is 23.9 Å². The number of carbonyl (C=O) groups excluding carboxylic acids is 2. The summed E-state index contributed by atoms with van der Waals surface area (Å²) in [6.07, 6.45) is 0. The number of rotatable bonds is 8. The van der Waals surface area contributed by atoms with Gasteiger partial charge in [0.1, 0.15) is 5.76 Å². The Morgan fingerprint density at radius 3 is 2.63 bits per heavy atom. The molecule has 2 rings (SSSR count). The topological polar surface area (TPSA) is 99.9 Å². The fourth-order valence-electron chi connectivity index (χ4n) is 2.05. The van der Waals surface area contributed by atoms with Crippen LogP contribution >= 0.6 is 11.6 Å². The Balaban J connectivity index is 2.00. The molecule has 0 saturated carbocycles. The van der Waals surface area contributed by atoms with Gasteiger partial charge in [0.25, 0.3) is 5.91 Å². The van der Waals surface area contributed by atoms with Crippen molar-refractivity contribution in [2.24, 2.45) is 5.92 Å². The summed E-state index contributed by atoms with van der Waals surface area (Å²) in [5.74, 6) is 0.459. The normalized spacial score (nSPS) is 10.6. The number of methoxy groups -OCH3 is 1. The average molecular weight is 397 g/mol. The second-order valence-electron chi connectivity index (χ2n) is 6.14. The van der Waals surface area contributed by atoms with Crippen molar-refractivity contribution in [3.63, 3.8) is 0 Å². The molecule has 0 spiro atoms. The highest BCUT2D eigenvalue weighted by molar-refractivity contribution is 6.32. The molecule has 0 bridgehead atoms. The number of aromatic nitrogens is 1. The van der Waals surface area contributed by atoms with Gasteiger partial charge in [-0.3, -0.25) is 4.79 Å². The van der Waals surface area contributed by atoms with Crippen LogP contribution in [-0.2, 0) is 9.53 Å². The smallest absolute Gasteiger partial charge is 0.338 e. The number of halogens is 1. The summed E-state index contributed by atoms with van der Waals surface area (Å²) >= 11 is 6.20. The number of aryl methyl sites for hydroxylation is 1. The van der Waals surface area contributed by atoms with Crippen LogP contribution in [0.15, 0.2) is 22.7 Å². The molecule has 1 heterocycles. The minimum absolute atomic E-state index is 0.138. The van der Waals surface area contributed by atoms with E-state index in [1.54, 1.807) is 13.0 Å². The van der Waals surface area contributed by atoms with Crippen LogP contribution in [0, 0.1) is 12.8 Å². The van der Waals surface area contributed by atoms with Crippen LogP contribution in [0.4, 0.5) is 5.82 Å². The highest BCUT2D eigenvalue weighted by Crippen LogP contribution is 2.36. The zero-order valence-electron chi connectivity index (χ0n) is 15.5. The van der Waals surface area contributed by atoms with Crippen LogP contribution < -0.4 is 14.8 Å². The standard InChI is InChI=1S/C18H21ClN2O6/c1-10(2)8-25-17-13(19)6-12(7-14(17)24-4)18(23)26-9-16(22)20-15-5-11(3)27-21-15/h5-7,10H,8-9H2,1-4H3,(H,20,21,22). The van der Waals surface area contributed by atoms with Crippen molar-refractivity contribution in [3.05, 3.63) is 34.5 Å². The third kappa shape index (κ3) is 5.89. The Morgan fingerprint density at radius 2 is 2.04 bits per heavy atom. The number of esters is 1. The monoisotopic (exact) mass is 396 g/mol. The Kier molecular flexibility index (Phi) is 7.06. The van der Waals surface area contributed by atoms with Crippen LogP contribution in [0.1, 0.15) is 30.0 Å². The third-order valence-electron chi connectivity index (χ3n) is 3.26. The van der Waals surface area contributed by atoms with Crippen LogP contribution in [0.5, 0.6) is 11.5 Å². The predicted octanol–water partition coefficient (Wildman–Crippen LogP) is 3.48. The molecule has 0 radical (unpaired) electrons. The Bertz CT molecular complexity index is 818. The molecule has 0 unspecified atom stereocenters. The zero-order chi connectivity index (χ0) is 20.0. The number of anilines is 1. The Labute approximate surface area is 161 Å².